The van der Waals surface area contributed by atoms with Crippen LogP contribution in [0, 0.1) is 0 Å². The molecule has 0 spiro atoms. The van der Waals surface area contributed by atoms with Crippen LogP contribution in [0.15, 0.2) is 66.7 Å². The lowest BCUT2D eigenvalue weighted by molar-refractivity contribution is 0.198. The Kier molecular flexibility index (Phi) is 4.17. The smallest absolute Gasteiger partial charge is 0.0871 e. The Balaban J connectivity index is 1.64. The maximum Gasteiger partial charge on any atom is 0.0871 e. The quantitative estimate of drug-likeness (QED) is 0.586. The summed E-state index contributed by atoms with van der Waals surface area (Å²) in [7, 11) is 0. The molecule has 3 nitrogen and oxygen atoms in total. The van der Waals surface area contributed by atoms with Gasteiger partial charge in [-0.3, -0.25) is 9.88 Å². The van der Waals surface area contributed by atoms with Gasteiger partial charge < -0.3 is 5.32 Å². The molecule has 130 valence electrons. The van der Waals surface area contributed by atoms with Crippen molar-refractivity contribution < 1.29 is 0 Å². The van der Waals surface area contributed by atoms with E-state index in [0.717, 1.165) is 37.4 Å². The first-order valence-electron chi connectivity index (χ1n) is 9.17. The van der Waals surface area contributed by atoms with Crippen LogP contribution < -0.4 is 5.32 Å². The van der Waals surface area contributed by atoms with Crippen molar-refractivity contribution in [1.82, 2.24) is 15.2 Å². The van der Waals surface area contributed by atoms with Gasteiger partial charge in [-0.2, -0.15) is 0 Å². The molecule has 1 aliphatic rings. The van der Waals surface area contributed by atoms with E-state index >= 15 is 0 Å². The number of thiophene rings is 1. The number of para-hydroxylation sites is 1. The number of benzene rings is 2. The van der Waals surface area contributed by atoms with Crippen LogP contribution in [0.5, 0.6) is 0 Å². The van der Waals surface area contributed by atoms with Crippen LogP contribution in [-0.2, 0) is 0 Å². The van der Waals surface area contributed by atoms with E-state index in [9.17, 15) is 0 Å². The van der Waals surface area contributed by atoms with E-state index in [2.05, 4.69) is 76.9 Å². The molecule has 5 rings (SSSR count). The monoisotopic (exact) mass is 359 g/mol. The number of aromatic nitrogens is 1. The molecule has 1 unspecified atom stereocenters. The molecule has 2 aromatic carbocycles. The zero-order valence-corrected chi connectivity index (χ0v) is 15.4. The van der Waals surface area contributed by atoms with Crippen LogP contribution in [0.3, 0.4) is 0 Å². The van der Waals surface area contributed by atoms with Crippen molar-refractivity contribution in [1.29, 1.82) is 0 Å². The van der Waals surface area contributed by atoms with E-state index in [4.69, 9.17) is 4.98 Å². The van der Waals surface area contributed by atoms with Crippen molar-refractivity contribution in [3.8, 4) is 0 Å². The molecule has 0 radical (unpaired) electrons. The van der Waals surface area contributed by atoms with Crippen molar-refractivity contribution in [3.63, 3.8) is 0 Å². The number of hydrogen-bond donors (Lipinski definition) is 1. The van der Waals surface area contributed by atoms with E-state index < -0.39 is 0 Å². The van der Waals surface area contributed by atoms with Gasteiger partial charge in [-0.15, -0.1) is 11.3 Å². The van der Waals surface area contributed by atoms with Gasteiger partial charge in [-0.25, -0.2) is 0 Å². The van der Waals surface area contributed by atoms with E-state index in [1.54, 1.807) is 0 Å². The van der Waals surface area contributed by atoms with Crippen molar-refractivity contribution in [2.75, 3.05) is 26.2 Å². The number of nitrogens with one attached hydrogen (secondary N) is 1. The van der Waals surface area contributed by atoms with Gasteiger partial charge in [0.05, 0.1) is 17.3 Å². The first-order chi connectivity index (χ1) is 12.9. The SMILES string of the molecule is c1ccc2nc(C(c3cc4ccccc4s3)N3CCNCC3)ccc2c1. The molecule has 3 heterocycles. The summed E-state index contributed by atoms with van der Waals surface area (Å²) in [6.45, 7) is 4.17. The third-order valence-corrected chi connectivity index (χ3v) is 6.30. The summed E-state index contributed by atoms with van der Waals surface area (Å²) in [5.74, 6) is 0. The van der Waals surface area contributed by atoms with E-state index in [1.807, 2.05) is 11.3 Å². The van der Waals surface area contributed by atoms with Crippen LogP contribution in [-0.4, -0.2) is 36.1 Å². The van der Waals surface area contributed by atoms with Crippen LogP contribution in [0.1, 0.15) is 16.6 Å². The molecular formula is C22H21N3S. The van der Waals surface area contributed by atoms with Gasteiger partial charge >= 0.3 is 0 Å². The van der Waals surface area contributed by atoms with Crippen LogP contribution in [0.4, 0.5) is 0 Å². The van der Waals surface area contributed by atoms with Crippen LogP contribution in [0.25, 0.3) is 21.0 Å². The maximum absolute atomic E-state index is 5.04. The van der Waals surface area contributed by atoms with Crippen molar-refractivity contribution in [3.05, 3.63) is 77.3 Å². The van der Waals surface area contributed by atoms with Gasteiger partial charge in [-0.1, -0.05) is 42.5 Å². The average Bonchev–Trinajstić information content (AvgIpc) is 3.12. The summed E-state index contributed by atoms with van der Waals surface area (Å²) >= 11 is 1.90. The molecular weight excluding hydrogens is 338 g/mol. The molecule has 0 aliphatic carbocycles. The number of fused-ring (bicyclic) bond motifs is 2. The lowest BCUT2D eigenvalue weighted by atomic mass is 10.1. The highest BCUT2D eigenvalue weighted by Crippen LogP contribution is 2.36. The molecule has 2 aromatic heterocycles. The standard InChI is InChI=1S/C22H21N3S/c1-3-7-18-16(5-1)9-10-19(24-18)22(25-13-11-23-12-14-25)21-15-17-6-2-4-8-20(17)26-21/h1-10,15,22-23H,11-14H2. The second-order valence-electron chi connectivity index (χ2n) is 6.80. The summed E-state index contributed by atoms with van der Waals surface area (Å²) in [6, 6.07) is 24.0. The Morgan fingerprint density at radius 1 is 0.885 bits per heavy atom. The fourth-order valence-corrected chi connectivity index (χ4v) is 5.04. The van der Waals surface area contributed by atoms with Gasteiger partial charge in [0, 0.05) is 41.1 Å². The molecule has 26 heavy (non-hydrogen) atoms. The summed E-state index contributed by atoms with van der Waals surface area (Å²) in [5, 5.41) is 6.00. The maximum atomic E-state index is 5.04. The van der Waals surface area contributed by atoms with Crippen molar-refractivity contribution >= 4 is 32.3 Å². The molecule has 0 saturated carbocycles. The number of rotatable bonds is 3. The Hall–Kier alpha value is -2.27. The molecule has 0 bridgehead atoms. The van der Waals surface area contributed by atoms with E-state index in [1.165, 1.54) is 20.3 Å². The highest BCUT2D eigenvalue weighted by Gasteiger charge is 2.26. The zero-order chi connectivity index (χ0) is 17.3. The highest BCUT2D eigenvalue weighted by atomic mass is 32.1. The second kappa shape index (κ2) is 6.80. The van der Waals surface area contributed by atoms with Gasteiger partial charge in [0.15, 0.2) is 0 Å². The minimum absolute atomic E-state index is 0.221. The molecule has 1 fully saturated rings. The van der Waals surface area contributed by atoms with Crippen LogP contribution in [0.2, 0.25) is 0 Å². The van der Waals surface area contributed by atoms with Gasteiger partial charge in [-0.05, 0) is 29.7 Å². The summed E-state index contributed by atoms with van der Waals surface area (Å²) in [6.07, 6.45) is 0. The Bertz CT molecular complexity index is 1020. The second-order valence-corrected chi connectivity index (χ2v) is 7.92. The number of nitrogens with zero attached hydrogens (tertiary/aromatic N) is 2. The van der Waals surface area contributed by atoms with Gasteiger partial charge in [0.2, 0.25) is 0 Å². The first-order valence-corrected chi connectivity index (χ1v) is 9.99. The van der Waals surface area contributed by atoms with Gasteiger partial charge in [0.25, 0.3) is 0 Å². The van der Waals surface area contributed by atoms with E-state index in [-0.39, 0.29) is 6.04 Å². The van der Waals surface area contributed by atoms with Crippen molar-refractivity contribution in [2.24, 2.45) is 0 Å². The van der Waals surface area contributed by atoms with E-state index in [0.29, 0.717) is 0 Å². The molecule has 4 aromatic rings. The third kappa shape index (κ3) is 2.90. The highest BCUT2D eigenvalue weighted by molar-refractivity contribution is 7.19. The summed E-state index contributed by atoms with van der Waals surface area (Å²) in [5.41, 5.74) is 2.23. The van der Waals surface area contributed by atoms with Gasteiger partial charge in [0.1, 0.15) is 0 Å². The van der Waals surface area contributed by atoms with Crippen molar-refractivity contribution in [2.45, 2.75) is 6.04 Å². The molecule has 1 N–H and O–H groups in total. The van der Waals surface area contributed by atoms with Crippen LogP contribution >= 0.6 is 11.3 Å². The minimum Gasteiger partial charge on any atom is -0.314 e. The molecule has 0 amide bonds. The topological polar surface area (TPSA) is 28.2 Å². The Morgan fingerprint density at radius 3 is 2.50 bits per heavy atom. The minimum atomic E-state index is 0.221. The number of piperazine rings is 1. The predicted molar refractivity (Wildman–Crippen MR) is 110 cm³/mol. The largest absolute Gasteiger partial charge is 0.314 e. The molecule has 1 atom stereocenters. The number of hydrogen-bond acceptors (Lipinski definition) is 4. The Morgan fingerprint density at radius 2 is 1.65 bits per heavy atom. The fraction of sp³-hybridized carbons (Fsp3) is 0.227. The summed E-state index contributed by atoms with van der Waals surface area (Å²) in [4.78, 5) is 8.99. The first kappa shape index (κ1) is 15.9. The Labute approximate surface area is 157 Å². The summed E-state index contributed by atoms with van der Waals surface area (Å²) < 4.78 is 1.35. The number of pyridine rings is 1. The lowest BCUT2D eigenvalue weighted by Crippen LogP contribution is -2.45. The molecule has 4 heteroatoms. The molecule has 1 aliphatic heterocycles. The zero-order valence-electron chi connectivity index (χ0n) is 14.6. The lowest BCUT2D eigenvalue weighted by Gasteiger charge is -2.34. The fourth-order valence-electron chi connectivity index (χ4n) is 3.82. The predicted octanol–water partition coefficient (Wildman–Crippen LogP) is 4.44. The third-order valence-electron chi connectivity index (χ3n) is 5.13. The average molecular weight is 359 g/mol. The molecule has 1 saturated heterocycles. The normalized spacial score (nSPS) is 16.9.